The average molecular weight is 304 g/mol. The Hall–Kier alpha value is -1.59. The van der Waals surface area contributed by atoms with Crippen LogP contribution in [0.4, 0.5) is 0 Å². The lowest BCUT2D eigenvalue weighted by atomic mass is 9.93. The molecule has 1 saturated heterocycles. The summed E-state index contributed by atoms with van der Waals surface area (Å²) >= 11 is 0. The first kappa shape index (κ1) is 14.0. The predicted octanol–water partition coefficient (Wildman–Crippen LogP) is 2.09. The van der Waals surface area contributed by atoms with Gasteiger partial charge in [0.2, 0.25) is 0 Å². The quantitative estimate of drug-likeness (QED) is 0.616. The highest BCUT2D eigenvalue weighted by Crippen LogP contribution is 2.56. The number of epoxide rings is 1. The molecule has 22 heavy (non-hydrogen) atoms. The van der Waals surface area contributed by atoms with Crippen LogP contribution in [0, 0.1) is 6.92 Å². The summed E-state index contributed by atoms with van der Waals surface area (Å²) in [5.41, 5.74) is 3.43. The molecule has 0 bridgehead atoms. The maximum Gasteiger partial charge on any atom is 0.332 e. The van der Waals surface area contributed by atoms with Crippen molar-refractivity contribution in [1.29, 1.82) is 0 Å². The zero-order valence-corrected chi connectivity index (χ0v) is 12.8. The first-order chi connectivity index (χ1) is 10.7. The Morgan fingerprint density at radius 3 is 3.05 bits per heavy atom. The van der Waals surface area contributed by atoms with Gasteiger partial charge < -0.3 is 18.9 Å². The second kappa shape index (κ2) is 5.25. The fraction of sp³-hybridized carbons (Fsp3) is 0.588. The van der Waals surface area contributed by atoms with E-state index in [1.165, 1.54) is 11.1 Å². The molecule has 2 heterocycles. The number of hydrogen-bond donors (Lipinski definition) is 0. The highest BCUT2D eigenvalue weighted by molar-refractivity contribution is 5.70. The second-order valence-electron chi connectivity index (χ2n) is 6.20. The van der Waals surface area contributed by atoms with Crippen molar-refractivity contribution >= 4 is 5.97 Å². The summed E-state index contributed by atoms with van der Waals surface area (Å²) in [6.07, 6.45) is 1.95. The summed E-state index contributed by atoms with van der Waals surface area (Å²) in [6.45, 7) is 4.55. The number of hydrogen-bond acceptors (Lipinski definition) is 5. The zero-order chi connectivity index (χ0) is 15.3. The van der Waals surface area contributed by atoms with E-state index in [0.29, 0.717) is 31.3 Å². The lowest BCUT2D eigenvalue weighted by molar-refractivity contribution is -0.148. The molecule has 0 N–H and O–H groups in total. The van der Waals surface area contributed by atoms with Crippen LogP contribution in [-0.2, 0) is 25.6 Å². The van der Waals surface area contributed by atoms with E-state index >= 15 is 0 Å². The van der Waals surface area contributed by atoms with Crippen molar-refractivity contribution in [1.82, 2.24) is 0 Å². The topological polar surface area (TPSA) is 57.3 Å². The molecule has 2 aliphatic heterocycles. The van der Waals surface area contributed by atoms with Crippen molar-refractivity contribution in [2.45, 2.75) is 51.1 Å². The SMILES string of the molecule is CCOC(=O)COCc1cc(C)cc2c1OC1C[C@H]3O[C@H]3C21. The van der Waals surface area contributed by atoms with Crippen LogP contribution < -0.4 is 4.74 Å². The zero-order valence-electron chi connectivity index (χ0n) is 12.8. The predicted molar refractivity (Wildman–Crippen MR) is 77.9 cm³/mol. The molecule has 5 nitrogen and oxygen atoms in total. The van der Waals surface area contributed by atoms with Crippen LogP contribution in [0.3, 0.4) is 0 Å². The van der Waals surface area contributed by atoms with Gasteiger partial charge in [-0.05, 0) is 13.8 Å². The molecular weight excluding hydrogens is 284 g/mol. The molecule has 5 heteroatoms. The van der Waals surface area contributed by atoms with Gasteiger partial charge in [0.15, 0.2) is 0 Å². The third kappa shape index (κ3) is 2.29. The minimum Gasteiger partial charge on any atom is -0.489 e. The second-order valence-corrected chi connectivity index (χ2v) is 6.20. The normalized spacial score (nSPS) is 30.3. The van der Waals surface area contributed by atoms with Crippen molar-refractivity contribution in [3.05, 3.63) is 28.8 Å². The number of esters is 1. The highest BCUT2D eigenvalue weighted by Gasteiger charge is 2.60. The van der Waals surface area contributed by atoms with Crippen LogP contribution in [0.15, 0.2) is 12.1 Å². The Bertz CT molecular complexity index is 611. The van der Waals surface area contributed by atoms with E-state index < -0.39 is 0 Å². The van der Waals surface area contributed by atoms with Crippen molar-refractivity contribution in [3.63, 3.8) is 0 Å². The standard InChI is InChI=1S/C17H20O5/c1-3-20-14(18)8-19-7-10-4-9(2)5-11-15-12(21-16(10)11)6-13-17(15)22-13/h4-5,12-13,15,17H,3,6-8H2,1-2H3/t12?,13-,15?,17-/m1/s1. The average Bonchev–Trinajstić information content (AvgIpc) is 2.98. The fourth-order valence-electron chi connectivity index (χ4n) is 3.72. The van der Waals surface area contributed by atoms with Gasteiger partial charge >= 0.3 is 5.97 Å². The molecule has 3 aliphatic rings. The van der Waals surface area contributed by atoms with Gasteiger partial charge in [0.25, 0.3) is 0 Å². The lowest BCUT2D eigenvalue weighted by Gasteiger charge is -2.12. The molecule has 4 atom stereocenters. The monoisotopic (exact) mass is 304 g/mol. The van der Waals surface area contributed by atoms with Gasteiger partial charge in [0.1, 0.15) is 18.5 Å². The summed E-state index contributed by atoms with van der Waals surface area (Å²) in [5, 5.41) is 0. The van der Waals surface area contributed by atoms with Crippen LogP contribution in [0.1, 0.15) is 36.0 Å². The molecule has 0 spiro atoms. The molecule has 0 aromatic heterocycles. The molecule has 0 radical (unpaired) electrons. The molecular formula is C17H20O5. The number of ether oxygens (including phenoxy) is 4. The van der Waals surface area contributed by atoms with E-state index in [1.807, 2.05) is 0 Å². The minimum absolute atomic E-state index is 0.0305. The van der Waals surface area contributed by atoms with Gasteiger partial charge in [0.05, 0.1) is 31.3 Å². The number of aryl methyl sites for hydroxylation is 1. The van der Waals surface area contributed by atoms with Gasteiger partial charge in [-0.2, -0.15) is 0 Å². The van der Waals surface area contributed by atoms with E-state index in [2.05, 4.69) is 19.1 Å². The first-order valence-electron chi connectivity index (χ1n) is 7.86. The van der Waals surface area contributed by atoms with Gasteiger partial charge in [-0.3, -0.25) is 0 Å². The lowest BCUT2D eigenvalue weighted by Crippen LogP contribution is -2.17. The third-order valence-corrected chi connectivity index (χ3v) is 4.59. The number of carbonyl (C=O) groups excluding carboxylic acids is 1. The Balaban J connectivity index is 1.50. The third-order valence-electron chi connectivity index (χ3n) is 4.59. The number of carbonyl (C=O) groups is 1. The van der Waals surface area contributed by atoms with E-state index in [1.54, 1.807) is 6.92 Å². The van der Waals surface area contributed by atoms with Crippen LogP contribution in [0.5, 0.6) is 5.75 Å². The van der Waals surface area contributed by atoms with E-state index in [0.717, 1.165) is 17.7 Å². The molecule has 1 saturated carbocycles. The molecule has 4 rings (SSSR count). The summed E-state index contributed by atoms with van der Waals surface area (Å²) < 4.78 is 22.2. The van der Waals surface area contributed by atoms with Crippen molar-refractivity contribution < 1.29 is 23.7 Å². The molecule has 2 unspecified atom stereocenters. The van der Waals surface area contributed by atoms with E-state index in [9.17, 15) is 4.79 Å². The van der Waals surface area contributed by atoms with Crippen molar-refractivity contribution in [3.8, 4) is 5.75 Å². The fourth-order valence-corrected chi connectivity index (χ4v) is 3.72. The number of benzene rings is 1. The smallest absolute Gasteiger partial charge is 0.332 e. The Morgan fingerprint density at radius 2 is 2.23 bits per heavy atom. The summed E-state index contributed by atoms with van der Waals surface area (Å²) in [7, 11) is 0. The summed E-state index contributed by atoms with van der Waals surface area (Å²) in [6, 6.07) is 4.26. The van der Waals surface area contributed by atoms with E-state index in [-0.39, 0.29) is 18.7 Å². The van der Waals surface area contributed by atoms with Crippen molar-refractivity contribution in [2.75, 3.05) is 13.2 Å². The largest absolute Gasteiger partial charge is 0.489 e. The maximum absolute atomic E-state index is 11.3. The van der Waals surface area contributed by atoms with Crippen LogP contribution in [0.2, 0.25) is 0 Å². The number of rotatable bonds is 5. The number of fused-ring (bicyclic) bond motifs is 5. The van der Waals surface area contributed by atoms with E-state index in [4.69, 9.17) is 18.9 Å². The highest BCUT2D eigenvalue weighted by atomic mass is 16.6. The molecule has 0 amide bonds. The Labute approximate surface area is 129 Å². The van der Waals surface area contributed by atoms with Crippen LogP contribution >= 0.6 is 0 Å². The maximum atomic E-state index is 11.3. The molecule has 1 aliphatic carbocycles. The van der Waals surface area contributed by atoms with Gasteiger partial charge in [0, 0.05) is 17.5 Å². The van der Waals surface area contributed by atoms with Gasteiger partial charge in [-0.15, -0.1) is 0 Å². The molecule has 1 aromatic rings. The Kier molecular flexibility index (Phi) is 3.35. The Morgan fingerprint density at radius 1 is 1.36 bits per heavy atom. The molecule has 118 valence electrons. The summed E-state index contributed by atoms with van der Waals surface area (Å²) in [5.74, 6) is 0.959. The van der Waals surface area contributed by atoms with Gasteiger partial charge in [-0.1, -0.05) is 17.7 Å². The van der Waals surface area contributed by atoms with Crippen LogP contribution in [0.25, 0.3) is 0 Å². The van der Waals surface area contributed by atoms with Gasteiger partial charge in [-0.25, -0.2) is 4.79 Å². The van der Waals surface area contributed by atoms with Crippen molar-refractivity contribution in [2.24, 2.45) is 0 Å². The minimum atomic E-state index is -0.334. The first-order valence-corrected chi connectivity index (χ1v) is 7.86. The molecule has 1 aromatic carbocycles. The molecule has 2 fully saturated rings. The van der Waals surface area contributed by atoms with Crippen LogP contribution in [-0.4, -0.2) is 37.5 Å². The summed E-state index contributed by atoms with van der Waals surface area (Å²) in [4.78, 5) is 11.3.